The summed E-state index contributed by atoms with van der Waals surface area (Å²) in [5.74, 6) is -0.586. The zero-order valence-electron chi connectivity index (χ0n) is 14.8. The molecule has 1 N–H and O–H groups in total. The van der Waals surface area contributed by atoms with E-state index in [1.54, 1.807) is 6.92 Å². The molecule has 0 aliphatic heterocycles. The third-order valence-corrected chi connectivity index (χ3v) is 3.70. The van der Waals surface area contributed by atoms with Crippen molar-refractivity contribution in [3.63, 3.8) is 0 Å². The van der Waals surface area contributed by atoms with Crippen LogP contribution in [0.1, 0.15) is 12.5 Å². The fourth-order valence-electron chi connectivity index (χ4n) is 2.18. The van der Waals surface area contributed by atoms with E-state index in [1.807, 2.05) is 0 Å². The maximum Gasteiger partial charge on any atom is 0.416 e. The summed E-state index contributed by atoms with van der Waals surface area (Å²) >= 11 is 5.71. The molecule has 0 aliphatic rings. The Morgan fingerprint density at radius 3 is 2.48 bits per heavy atom. The minimum Gasteiger partial charge on any atom is -0.464 e. The molecule has 2 aromatic carbocycles. The number of benzene rings is 2. The first kappa shape index (κ1) is 20.6. The highest BCUT2D eigenvalue weighted by Crippen LogP contribution is 2.31. The third kappa shape index (κ3) is 5.44. The van der Waals surface area contributed by atoms with Gasteiger partial charge in [0.1, 0.15) is 11.6 Å². The topological polar surface area (TPSA) is 69.2 Å². The van der Waals surface area contributed by atoms with Gasteiger partial charge in [0.05, 0.1) is 17.2 Å². The number of anilines is 2. The standard InChI is InChI=1S/C18H13ClF4N4O2/c1-2-28-16-25-15(24-11-5-3-4-10(8-11)18(21,22)23)26-17(27-16)29-12-6-7-14(20)13(19)9-12/h3-9H,2H2,1H3,(H,24,25,26,27). The number of hydrogen-bond donors (Lipinski definition) is 1. The third-order valence-electron chi connectivity index (χ3n) is 3.41. The van der Waals surface area contributed by atoms with Gasteiger partial charge in [0.15, 0.2) is 0 Å². The van der Waals surface area contributed by atoms with Gasteiger partial charge in [-0.05, 0) is 37.3 Å². The molecule has 1 aromatic heterocycles. The molecule has 0 aliphatic carbocycles. The van der Waals surface area contributed by atoms with Crippen LogP contribution in [0, 0.1) is 5.82 Å². The molecule has 6 nitrogen and oxygen atoms in total. The molecule has 0 bridgehead atoms. The van der Waals surface area contributed by atoms with Crippen LogP contribution in [-0.4, -0.2) is 21.6 Å². The minimum atomic E-state index is -4.50. The van der Waals surface area contributed by atoms with Crippen molar-refractivity contribution in [2.24, 2.45) is 0 Å². The SMILES string of the molecule is CCOc1nc(Nc2cccc(C(F)(F)F)c2)nc(Oc2ccc(F)c(Cl)c2)n1. The molecule has 0 saturated carbocycles. The molecule has 0 saturated heterocycles. The highest BCUT2D eigenvalue weighted by atomic mass is 35.5. The molecule has 0 amide bonds. The average Bonchev–Trinajstić information content (AvgIpc) is 2.64. The molecule has 0 fully saturated rings. The van der Waals surface area contributed by atoms with E-state index in [9.17, 15) is 17.6 Å². The Bertz CT molecular complexity index is 1020. The van der Waals surface area contributed by atoms with Gasteiger partial charge in [-0.15, -0.1) is 4.98 Å². The first-order chi connectivity index (χ1) is 13.7. The lowest BCUT2D eigenvalue weighted by Crippen LogP contribution is -2.07. The van der Waals surface area contributed by atoms with Gasteiger partial charge in [-0.1, -0.05) is 17.7 Å². The summed E-state index contributed by atoms with van der Waals surface area (Å²) in [5.41, 5.74) is -0.733. The Kier molecular flexibility index (Phi) is 6.02. The number of halogens is 5. The molecule has 0 unspecified atom stereocenters. The number of nitrogens with one attached hydrogen (secondary N) is 1. The summed E-state index contributed by atoms with van der Waals surface area (Å²) in [5, 5.41) is 2.49. The van der Waals surface area contributed by atoms with E-state index in [4.69, 9.17) is 21.1 Å². The quantitative estimate of drug-likeness (QED) is 0.514. The first-order valence-electron chi connectivity index (χ1n) is 8.20. The molecule has 3 aromatic rings. The van der Waals surface area contributed by atoms with Crippen LogP contribution in [-0.2, 0) is 6.18 Å². The largest absolute Gasteiger partial charge is 0.464 e. The minimum absolute atomic E-state index is 0.101. The van der Waals surface area contributed by atoms with Crippen molar-refractivity contribution in [1.82, 2.24) is 15.0 Å². The highest BCUT2D eigenvalue weighted by Gasteiger charge is 2.30. The molecule has 0 radical (unpaired) electrons. The molecular formula is C18H13ClF4N4O2. The predicted molar refractivity (Wildman–Crippen MR) is 97.2 cm³/mol. The Morgan fingerprint density at radius 2 is 1.79 bits per heavy atom. The molecule has 11 heteroatoms. The second-order valence-electron chi connectivity index (χ2n) is 5.54. The molecule has 152 valence electrons. The van der Waals surface area contributed by atoms with Crippen LogP contribution in [0.3, 0.4) is 0 Å². The summed E-state index contributed by atoms with van der Waals surface area (Å²) in [7, 11) is 0. The molecular weight excluding hydrogens is 416 g/mol. The van der Waals surface area contributed by atoms with E-state index in [0.717, 1.165) is 18.2 Å². The second kappa shape index (κ2) is 8.48. The van der Waals surface area contributed by atoms with Crippen LogP contribution >= 0.6 is 11.6 Å². The summed E-state index contributed by atoms with van der Waals surface area (Å²) < 4.78 is 62.6. The predicted octanol–water partition coefficient (Wildman–Crippen LogP) is 5.62. The van der Waals surface area contributed by atoms with E-state index in [1.165, 1.54) is 24.3 Å². The van der Waals surface area contributed by atoms with Crippen LogP contribution in [0.2, 0.25) is 5.02 Å². The van der Waals surface area contributed by atoms with Crippen LogP contribution in [0.25, 0.3) is 0 Å². The van der Waals surface area contributed by atoms with Crippen molar-refractivity contribution < 1.29 is 27.0 Å². The number of hydrogen-bond acceptors (Lipinski definition) is 6. The Balaban J connectivity index is 1.89. The van der Waals surface area contributed by atoms with Crippen molar-refractivity contribution >= 4 is 23.2 Å². The van der Waals surface area contributed by atoms with Crippen molar-refractivity contribution in [3.05, 3.63) is 58.9 Å². The van der Waals surface area contributed by atoms with Gasteiger partial charge in [-0.25, -0.2) is 4.39 Å². The van der Waals surface area contributed by atoms with Gasteiger partial charge in [-0.3, -0.25) is 0 Å². The summed E-state index contributed by atoms with van der Waals surface area (Å²) in [6, 6.07) is 7.81. The number of alkyl halides is 3. The number of ether oxygens (including phenoxy) is 2. The van der Waals surface area contributed by atoms with E-state index in [2.05, 4.69) is 20.3 Å². The maximum absolute atomic E-state index is 13.3. The van der Waals surface area contributed by atoms with Crippen LogP contribution in [0.4, 0.5) is 29.2 Å². The smallest absolute Gasteiger partial charge is 0.416 e. The van der Waals surface area contributed by atoms with Crippen LogP contribution in [0.15, 0.2) is 42.5 Å². The summed E-state index contributed by atoms with van der Waals surface area (Å²) in [6.07, 6.45) is -4.50. The number of aromatic nitrogens is 3. The van der Waals surface area contributed by atoms with Crippen molar-refractivity contribution in [3.8, 4) is 17.8 Å². The van der Waals surface area contributed by atoms with Gasteiger partial charge < -0.3 is 14.8 Å². The normalized spacial score (nSPS) is 11.2. The van der Waals surface area contributed by atoms with Crippen LogP contribution < -0.4 is 14.8 Å². The second-order valence-corrected chi connectivity index (χ2v) is 5.95. The van der Waals surface area contributed by atoms with Gasteiger partial charge in [0, 0.05) is 11.8 Å². The van der Waals surface area contributed by atoms with E-state index < -0.39 is 17.6 Å². The Hall–Kier alpha value is -3.14. The molecule has 0 spiro atoms. The lowest BCUT2D eigenvalue weighted by molar-refractivity contribution is -0.137. The zero-order valence-corrected chi connectivity index (χ0v) is 15.6. The fourth-order valence-corrected chi connectivity index (χ4v) is 2.35. The summed E-state index contributed by atoms with van der Waals surface area (Å²) in [6.45, 7) is 1.93. The Morgan fingerprint density at radius 1 is 1.03 bits per heavy atom. The van der Waals surface area contributed by atoms with E-state index in [-0.39, 0.29) is 41.0 Å². The lowest BCUT2D eigenvalue weighted by atomic mass is 10.2. The van der Waals surface area contributed by atoms with Crippen molar-refractivity contribution in [2.75, 3.05) is 11.9 Å². The van der Waals surface area contributed by atoms with Gasteiger partial charge in [0.25, 0.3) is 0 Å². The fraction of sp³-hybridized carbons (Fsp3) is 0.167. The first-order valence-corrected chi connectivity index (χ1v) is 8.58. The number of rotatable bonds is 6. The van der Waals surface area contributed by atoms with E-state index >= 15 is 0 Å². The molecule has 1 heterocycles. The zero-order chi connectivity index (χ0) is 21.0. The maximum atomic E-state index is 13.3. The summed E-state index contributed by atoms with van der Waals surface area (Å²) in [4.78, 5) is 11.9. The molecule has 0 atom stereocenters. The lowest BCUT2D eigenvalue weighted by Gasteiger charge is -2.11. The van der Waals surface area contributed by atoms with Crippen molar-refractivity contribution in [1.29, 1.82) is 0 Å². The highest BCUT2D eigenvalue weighted by molar-refractivity contribution is 6.30. The Labute approximate surface area is 167 Å². The van der Waals surface area contributed by atoms with Gasteiger partial charge in [-0.2, -0.15) is 23.1 Å². The van der Waals surface area contributed by atoms with Crippen molar-refractivity contribution in [2.45, 2.75) is 13.1 Å². The molecule has 3 rings (SSSR count). The van der Waals surface area contributed by atoms with E-state index in [0.29, 0.717) is 0 Å². The van der Waals surface area contributed by atoms with Gasteiger partial charge >= 0.3 is 18.2 Å². The molecule has 29 heavy (non-hydrogen) atoms. The number of nitrogens with zero attached hydrogens (tertiary/aromatic N) is 3. The van der Waals surface area contributed by atoms with Crippen LogP contribution in [0.5, 0.6) is 17.8 Å². The average molecular weight is 429 g/mol. The monoisotopic (exact) mass is 428 g/mol. The van der Waals surface area contributed by atoms with Gasteiger partial charge in [0.2, 0.25) is 5.95 Å².